The van der Waals surface area contributed by atoms with Crippen molar-refractivity contribution >= 4 is 6.09 Å². The highest BCUT2D eigenvalue weighted by atomic mass is 16.6. The maximum absolute atomic E-state index is 12.6. The molecule has 2 saturated heterocycles. The predicted molar refractivity (Wildman–Crippen MR) is 129 cm³/mol. The second-order valence-corrected chi connectivity index (χ2v) is 11.4. The number of ether oxygens (including phenoxy) is 1. The summed E-state index contributed by atoms with van der Waals surface area (Å²) in [6, 6.07) is 0.307. The van der Waals surface area contributed by atoms with Gasteiger partial charge in [-0.15, -0.1) is 0 Å². The lowest BCUT2D eigenvalue weighted by Gasteiger charge is -2.44. The Bertz CT molecular complexity index is 499. The number of amides is 1. The number of carbonyl (C=O) groups excluding carboxylic acids is 1. The van der Waals surface area contributed by atoms with Crippen LogP contribution in [0, 0.1) is 0 Å². The number of hydrogen-bond acceptors (Lipinski definition) is 3. The molecule has 2 unspecified atom stereocenters. The fourth-order valence-electron chi connectivity index (χ4n) is 5.61. The molecule has 182 valence electrons. The molecule has 2 rings (SSSR count). The SMILES string of the molecule is CCCCCCCCCCCCCCCC1(O)CC2CCC(C1)N2C(=O)OC(C)(C)C. The van der Waals surface area contributed by atoms with Gasteiger partial charge in [0.1, 0.15) is 5.60 Å². The number of nitrogens with zero attached hydrogens (tertiary/aromatic N) is 1. The van der Waals surface area contributed by atoms with Crippen molar-refractivity contribution in [2.75, 3.05) is 0 Å². The molecule has 4 nitrogen and oxygen atoms in total. The van der Waals surface area contributed by atoms with Gasteiger partial charge in [-0.1, -0.05) is 90.4 Å². The Balaban J connectivity index is 1.53. The van der Waals surface area contributed by atoms with Gasteiger partial charge in [0, 0.05) is 12.1 Å². The highest BCUT2D eigenvalue weighted by Crippen LogP contribution is 2.43. The quantitative estimate of drug-likeness (QED) is 0.282. The molecule has 0 saturated carbocycles. The van der Waals surface area contributed by atoms with E-state index < -0.39 is 11.2 Å². The fraction of sp³-hybridized carbons (Fsp3) is 0.963. The van der Waals surface area contributed by atoms with Crippen LogP contribution in [0.5, 0.6) is 0 Å². The number of piperidine rings is 1. The third-order valence-corrected chi connectivity index (χ3v) is 7.20. The van der Waals surface area contributed by atoms with Gasteiger partial charge in [-0.05, 0) is 52.9 Å². The molecule has 0 aromatic heterocycles. The summed E-state index contributed by atoms with van der Waals surface area (Å²) in [6.45, 7) is 8.03. The first kappa shape index (κ1) is 26.5. The Labute approximate surface area is 192 Å². The van der Waals surface area contributed by atoms with Crippen LogP contribution in [0.3, 0.4) is 0 Å². The molecular weight excluding hydrogens is 386 g/mol. The van der Waals surface area contributed by atoms with Crippen LogP contribution in [0.1, 0.15) is 143 Å². The van der Waals surface area contributed by atoms with Crippen molar-refractivity contribution < 1.29 is 14.6 Å². The first-order chi connectivity index (χ1) is 14.7. The number of hydrogen-bond donors (Lipinski definition) is 1. The second-order valence-electron chi connectivity index (χ2n) is 11.4. The van der Waals surface area contributed by atoms with Crippen LogP contribution in [-0.4, -0.2) is 39.4 Å². The lowest BCUT2D eigenvalue weighted by atomic mass is 9.82. The minimum absolute atomic E-state index is 0.153. The second kappa shape index (κ2) is 13.1. The zero-order chi connectivity index (χ0) is 22.7. The van der Waals surface area contributed by atoms with Crippen molar-refractivity contribution in [3.05, 3.63) is 0 Å². The van der Waals surface area contributed by atoms with Crippen molar-refractivity contribution in [3.8, 4) is 0 Å². The van der Waals surface area contributed by atoms with Gasteiger partial charge in [-0.2, -0.15) is 0 Å². The average molecular weight is 438 g/mol. The smallest absolute Gasteiger partial charge is 0.410 e. The van der Waals surface area contributed by atoms with Crippen molar-refractivity contribution in [1.82, 2.24) is 4.90 Å². The number of carbonyl (C=O) groups is 1. The molecule has 2 heterocycles. The molecule has 2 fully saturated rings. The average Bonchev–Trinajstić information content (AvgIpc) is 2.97. The topological polar surface area (TPSA) is 49.8 Å². The predicted octanol–water partition coefficient (Wildman–Crippen LogP) is 7.76. The van der Waals surface area contributed by atoms with E-state index in [1.54, 1.807) is 0 Å². The van der Waals surface area contributed by atoms with Crippen molar-refractivity contribution in [2.24, 2.45) is 0 Å². The van der Waals surface area contributed by atoms with Crippen LogP contribution in [0.4, 0.5) is 4.79 Å². The molecule has 0 aromatic carbocycles. The summed E-state index contributed by atoms with van der Waals surface area (Å²) in [7, 11) is 0. The maximum Gasteiger partial charge on any atom is 0.410 e. The Morgan fingerprint density at radius 2 is 1.26 bits per heavy atom. The van der Waals surface area contributed by atoms with Crippen LogP contribution in [0.25, 0.3) is 0 Å². The Kier molecular flexibility index (Phi) is 11.2. The summed E-state index contributed by atoms with van der Waals surface area (Å²) in [6.07, 6.45) is 21.7. The summed E-state index contributed by atoms with van der Waals surface area (Å²) in [5.41, 5.74) is -1.04. The monoisotopic (exact) mass is 437 g/mol. The third kappa shape index (κ3) is 9.72. The largest absolute Gasteiger partial charge is 0.444 e. The van der Waals surface area contributed by atoms with Gasteiger partial charge in [0.2, 0.25) is 0 Å². The summed E-state index contributed by atoms with van der Waals surface area (Å²) in [5, 5.41) is 11.2. The Hall–Kier alpha value is -0.770. The van der Waals surface area contributed by atoms with Crippen LogP contribution < -0.4 is 0 Å². The molecule has 0 spiro atoms. The molecule has 0 radical (unpaired) electrons. The standard InChI is InChI=1S/C27H51NO3/c1-5-6-7-8-9-10-11-12-13-14-15-16-17-20-27(30)21-23-18-19-24(22-27)28(23)25(29)31-26(2,3)4/h23-24,30H,5-22H2,1-4H3. The van der Waals surface area contributed by atoms with Crippen molar-refractivity contribution in [2.45, 2.75) is 167 Å². The van der Waals surface area contributed by atoms with E-state index in [4.69, 9.17) is 4.74 Å². The van der Waals surface area contributed by atoms with Gasteiger partial charge in [0.25, 0.3) is 0 Å². The van der Waals surface area contributed by atoms with Crippen molar-refractivity contribution in [3.63, 3.8) is 0 Å². The summed E-state index contributed by atoms with van der Waals surface area (Å²) in [4.78, 5) is 14.5. The van der Waals surface area contributed by atoms with Gasteiger partial charge >= 0.3 is 6.09 Å². The van der Waals surface area contributed by atoms with Gasteiger partial charge in [0.15, 0.2) is 0 Å². The van der Waals surface area contributed by atoms with Crippen LogP contribution in [0.2, 0.25) is 0 Å². The normalized spacial score (nSPS) is 25.8. The van der Waals surface area contributed by atoms with E-state index in [1.807, 2.05) is 25.7 Å². The number of rotatable bonds is 14. The zero-order valence-electron chi connectivity index (χ0n) is 21.1. The Morgan fingerprint density at radius 1 is 0.839 bits per heavy atom. The molecule has 2 bridgehead atoms. The van der Waals surface area contributed by atoms with Crippen LogP contribution in [-0.2, 0) is 4.74 Å². The van der Waals surface area contributed by atoms with Gasteiger partial charge < -0.3 is 14.7 Å². The minimum Gasteiger partial charge on any atom is -0.444 e. The van der Waals surface area contributed by atoms with Gasteiger partial charge in [-0.25, -0.2) is 4.79 Å². The van der Waals surface area contributed by atoms with Gasteiger partial charge in [-0.3, -0.25) is 0 Å². The summed E-state index contributed by atoms with van der Waals surface area (Å²) < 4.78 is 5.61. The van der Waals surface area contributed by atoms with E-state index in [0.717, 1.165) is 38.5 Å². The minimum atomic E-state index is -0.581. The Morgan fingerprint density at radius 3 is 1.68 bits per heavy atom. The van der Waals surface area contributed by atoms with E-state index in [2.05, 4.69) is 6.92 Å². The number of aliphatic hydroxyl groups is 1. The van der Waals surface area contributed by atoms with E-state index in [0.29, 0.717) is 0 Å². The van der Waals surface area contributed by atoms with Crippen molar-refractivity contribution in [1.29, 1.82) is 0 Å². The molecule has 1 N–H and O–H groups in total. The lowest BCUT2D eigenvalue weighted by Crippen LogP contribution is -2.54. The van der Waals surface area contributed by atoms with E-state index >= 15 is 0 Å². The van der Waals surface area contributed by atoms with Crippen LogP contribution in [0.15, 0.2) is 0 Å². The van der Waals surface area contributed by atoms with E-state index in [9.17, 15) is 9.90 Å². The molecule has 2 atom stereocenters. The number of unbranched alkanes of at least 4 members (excludes halogenated alkanes) is 12. The van der Waals surface area contributed by atoms with E-state index in [1.165, 1.54) is 77.0 Å². The van der Waals surface area contributed by atoms with Gasteiger partial charge in [0.05, 0.1) is 5.60 Å². The summed E-state index contributed by atoms with van der Waals surface area (Å²) in [5.74, 6) is 0. The molecule has 4 heteroatoms. The molecule has 0 aromatic rings. The van der Waals surface area contributed by atoms with Crippen LogP contribution >= 0.6 is 0 Å². The van der Waals surface area contributed by atoms with E-state index in [-0.39, 0.29) is 18.2 Å². The highest BCUT2D eigenvalue weighted by Gasteiger charge is 2.49. The molecule has 2 aliphatic rings. The maximum atomic E-state index is 12.6. The first-order valence-corrected chi connectivity index (χ1v) is 13.5. The molecule has 0 aliphatic carbocycles. The zero-order valence-corrected chi connectivity index (χ0v) is 21.1. The molecule has 31 heavy (non-hydrogen) atoms. The lowest BCUT2D eigenvalue weighted by molar-refractivity contribution is -0.0635. The molecule has 1 amide bonds. The number of fused-ring (bicyclic) bond motifs is 2. The fourth-order valence-corrected chi connectivity index (χ4v) is 5.61. The summed E-state index contributed by atoms with van der Waals surface area (Å²) >= 11 is 0. The first-order valence-electron chi connectivity index (χ1n) is 13.5. The molecular formula is C27H51NO3. The third-order valence-electron chi connectivity index (χ3n) is 7.20. The highest BCUT2D eigenvalue weighted by molar-refractivity contribution is 5.69. The molecule has 2 aliphatic heterocycles.